The number of halogens is 1. The molecule has 0 bridgehead atoms. The van der Waals surface area contributed by atoms with Gasteiger partial charge in [-0.25, -0.2) is 4.39 Å². The maximum absolute atomic E-state index is 13.7. The zero-order valence-corrected chi connectivity index (χ0v) is 15.7. The molecular weight excluding hydrogens is 351 g/mol. The number of hydrogen-bond donors (Lipinski definition) is 1. The van der Waals surface area contributed by atoms with Crippen LogP contribution in [0.4, 0.5) is 4.39 Å². The van der Waals surface area contributed by atoms with Crippen LogP contribution < -0.4 is 10.1 Å². The van der Waals surface area contributed by atoms with E-state index in [0.717, 1.165) is 18.4 Å². The Hall–Kier alpha value is -2.44. The summed E-state index contributed by atoms with van der Waals surface area (Å²) in [7, 11) is 1.51. The average molecular weight is 376 g/mol. The van der Waals surface area contributed by atoms with Crippen LogP contribution in [0.15, 0.2) is 18.2 Å². The van der Waals surface area contributed by atoms with Gasteiger partial charge in [0.15, 0.2) is 0 Å². The molecule has 0 radical (unpaired) electrons. The van der Waals surface area contributed by atoms with Crippen molar-refractivity contribution >= 4 is 17.7 Å². The Bertz CT molecular complexity index is 758. The number of benzene rings is 1. The largest absolute Gasteiger partial charge is 0.497 e. The van der Waals surface area contributed by atoms with Crippen molar-refractivity contribution in [3.63, 3.8) is 0 Å². The number of hydrogen-bond acceptors (Lipinski definition) is 4. The molecule has 2 fully saturated rings. The van der Waals surface area contributed by atoms with Crippen LogP contribution in [0.5, 0.6) is 5.75 Å². The van der Waals surface area contributed by atoms with Crippen molar-refractivity contribution in [1.82, 2.24) is 10.2 Å². The number of rotatable bonds is 5. The number of carbonyl (C=O) groups is 3. The van der Waals surface area contributed by atoms with E-state index >= 15 is 0 Å². The maximum Gasteiger partial charge on any atom is 0.233 e. The Kier molecular flexibility index (Phi) is 5.48. The Balaban J connectivity index is 1.53. The molecule has 6 nitrogen and oxygen atoms in total. The fraction of sp³-hybridized carbons (Fsp3) is 0.550. The van der Waals surface area contributed by atoms with E-state index in [-0.39, 0.29) is 42.3 Å². The third kappa shape index (κ3) is 4.28. The summed E-state index contributed by atoms with van der Waals surface area (Å²) in [5, 5.41) is 2.30. The molecule has 2 aliphatic heterocycles. The number of ether oxygens (including phenoxy) is 1. The summed E-state index contributed by atoms with van der Waals surface area (Å²) in [6.07, 6.45) is 2.27. The minimum atomic E-state index is -0.789. The van der Waals surface area contributed by atoms with Crippen LogP contribution in [-0.2, 0) is 14.4 Å². The van der Waals surface area contributed by atoms with E-state index in [9.17, 15) is 18.8 Å². The lowest BCUT2D eigenvalue weighted by molar-refractivity contribution is -0.133. The van der Waals surface area contributed by atoms with Gasteiger partial charge in [0.05, 0.1) is 12.5 Å². The molecule has 1 atom stereocenters. The van der Waals surface area contributed by atoms with Gasteiger partial charge in [-0.1, -0.05) is 6.92 Å². The van der Waals surface area contributed by atoms with Crippen LogP contribution in [0.2, 0.25) is 0 Å². The first kappa shape index (κ1) is 19.3. The van der Waals surface area contributed by atoms with Gasteiger partial charge in [-0.15, -0.1) is 0 Å². The molecule has 27 heavy (non-hydrogen) atoms. The highest BCUT2D eigenvalue weighted by atomic mass is 19.1. The lowest BCUT2D eigenvalue weighted by atomic mass is 9.83. The van der Waals surface area contributed by atoms with Gasteiger partial charge in [0.2, 0.25) is 17.7 Å². The summed E-state index contributed by atoms with van der Waals surface area (Å²) in [4.78, 5) is 37.6. The van der Waals surface area contributed by atoms with Crippen LogP contribution >= 0.6 is 0 Å². The van der Waals surface area contributed by atoms with Gasteiger partial charge in [0.1, 0.15) is 11.6 Å². The summed E-state index contributed by atoms with van der Waals surface area (Å²) in [5.74, 6) is -0.199. The lowest BCUT2D eigenvalue weighted by Gasteiger charge is -2.33. The number of nitrogens with one attached hydrogen (secondary N) is 1. The molecule has 0 spiro atoms. The zero-order valence-electron chi connectivity index (χ0n) is 15.7. The Morgan fingerprint density at radius 2 is 2.00 bits per heavy atom. The van der Waals surface area contributed by atoms with Gasteiger partial charge in [0, 0.05) is 32.0 Å². The van der Waals surface area contributed by atoms with Gasteiger partial charge in [-0.2, -0.15) is 0 Å². The van der Waals surface area contributed by atoms with Crippen molar-refractivity contribution in [3.8, 4) is 5.75 Å². The van der Waals surface area contributed by atoms with E-state index in [1.54, 1.807) is 11.8 Å². The fourth-order valence-corrected chi connectivity index (χ4v) is 3.90. The molecule has 0 aliphatic carbocycles. The van der Waals surface area contributed by atoms with Crippen molar-refractivity contribution < 1.29 is 23.5 Å². The Labute approximate surface area is 158 Å². The Morgan fingerprint density at radius 1 is 1.30 bits per heavy atom. The molecular formula is C20H25FN2O4. The molecule has 7 heteroatoms. The quantitative estimate of drug-likeness (QED) is 0.801. The van der Waals surface area contributed by atoms with Crippen molar-refractivity contribution in [1.29, 1.82) is 0 Å². The number of amides is 3. The molecule has 2 heterocycles. The monoisotopic (exact) mass is 376 g/mol. The normalized spacial score (nSPS) is 23.4. The lowest BCUT2D eigenvalue weighted by Crippen LogP contribution is -2.39. The van der Waals surface area contributed by atoms with Crippen LogP contribution in [-0.4, -0.2) is 42.8 Å². The molecule has 1 N–H and O–H groups in total. The molecule has 0 saturated carbocycles. The third-order valence-corrected chi connectivity index (χ3v) is 5.69. The first-order valence-corrected chi connectivity index (χ1v) is 9.27. The number of piperidine rings is 1. The van der Waals surface area contributed by atoms with E-state index in [1.807, 2.05) is 6.07 Å². The number of likely N-dealkylation sites (tertiary alicyclic amines) is 1. The molecule has 1 unspecified atom stereocenters. The van der Waals surface area contributed by atoms with Crippen molar-refractivity contribution in [3.05, 3.63) is 29.6 Å². The highest BCUT2D eigenvalue weighted by Gasteiger charge is 2.42. The first-order valence-electron chi connectivity index (χ1n) is 9.27. The van der Waals surface area contributed by atoms with Gasteiger partial charge < -0.3 is 9.64 Å². The summed E-state index contributed by atoms with van der Waals surface area (Å²) in [6.45, 7) is 2.93. The van der Waals surface area contributed by atoms with Crippen molar-refractivity contribution in [2.24, 2.45) is 5.41 Å². The fourth-order valence-electron chi connectivity index (χ4n) is 3.90. The molecule has 1 aromatic rings. The minimum Gasteiger partial charge on any atom is -0.497 e. The predicted molar refractivity (Wildman–Crippen MR) is 96.6 cm³/mol. The second-order valence-corrected chi connectivity index (χ2v) is 7.69. The van der Waals surface area contributed by atoms with E-state index in [4.69, 9.17) is 4.74 Å². The smallest absolute Gasteiger partial charge is 0.233 e. The molecule has 3 rings (SSSR count). The molecule has 0 aromatic heterocycles. The van der Waals surface area contributed by atoms with E-state index in [0.29, 0.717) is 25.3 Å². The summed E-state index contributed by atoms with van der Waals surface area (Å²) < 4.78 is 18.8. The first-order chi connectivity index (χ1) is 12.8. The highest BCUT2D eigenvalue weighted by molar-refractivity contribution is 6.05. The Morgan fingerprint density at radius 3 is 2.59 bits per heavy atom. The number of methoxy groups -OCH3 is 1. The molecule has 146 valence electrons. The minimum absolute atomic E-state index is 0.00125. The van der Waals surface area contributed by atoms with Gasteiger partial charge >= 0.3 is 0 Å². The zero-order chi connectivity index (χ0) is 19.6. The third-order valence-electron chi connectivity index (χ3n) is 5.69. The van der Waals surface area contributed by atoms with E-state index in [2.05, 4.69) is 5.32 Å². The molecule has 1 aromatic carbocycles. The molecule has 2 saturated heterocycles. The standard InChI is InChI=1S/C20H25FN2O4/c1-20(12-17(24)22-19(20)26)6-3-18(25)23-7-4-13(5-8-23)14-9-15(21)11-16(10-14)27-2/h9-11,13H,3-8,12H2,1-2H3,(H,22,24,26). The second-order valence-electron chi connectivity index (χ2n) is 7.69. The number of carbonyl (C=O) groups excluding carboxylic acids is 3. The van der Waals surface area contributed by atoms with Crippen molar-refractivity contribution in [2.45, 2.75) is 44.9 Å². The summed E-state index contributed by atoms with van der Waals surface area (Å²) >= 11 is 0. The SMILES string of the molecule is COc1cc(F)cc(C2CCN(C(=O)CCC3(C)CC(=O)NC3=O)CC2)c1. The van der Waals surface area contributed by atoms with Crippen LogP contribution in [0.25, 0.3) is 0 Å². The molecule has 2 aliphatic rings. The maximum atomic E-state index is 13.7. The van der Waals surface area contributed by atoms with Crippen LogP contribution in [0.3, 0.4) is 0 Å². The predicted octanol–water partition coefficient (Wildman–Crippen LogP) is 2.37. The second kappa shape index (κ2) is 7.66. The van der Waals surface area contributed by atoms with Gasteiger partial charge in [0.25, 0.3) is 0 Å². The van der Waals surface area contributed by atoms with Crippen LogP contribution in [0.1, 0.15) is 50.5 Å². The highest BCUT2D eigenvalue weighted by Crippen LogP contribution is 2.34. The topological polar surface area (TPSA) is 75.7 Å². The van der Waals surface area contributed by atoms with Gasteiger partial charge in [-0.3, -0.25) is 19.7 Å². The molecule has 3 amide bonds. The van der Waals surface area contributed by atoms with Crippen LogP contribution in [0, 0.1) is 11.2 Å². The summed E-state index contributed by atoms with van der Waals surface area (Å²) in [5.41, 5.74) is 0.107. The number of imide groups is 1. The van der Waals surface area contributed by atoms with Gasteiger partial charge in [-0.05, 0) is 42.9 Å². The van der Waals surface area contributed by atoms with Crippen molar-refractivity contribution in [2.75, 3.05) is 20.2 Å². The average Bonchev–Trinajstić information content (AvgIpc) is 2.91. The number of nitrogens with zero attached hydrogens (tertiary/aromatic N) is 1. The van der Waals surface area contributed by atoms with E-state index in [1.165, 1.54) is 19.2 Å². The van der Waals surface area contributed by atoms with E-state index < -0.39 is 5.41 Å². The summed E-state index contributed by atoms with van der Waals surface area (Å²) in [6, 6.07) is 4.73.